The van der Waals surface area contributed by atoms with Crippen LogP contribution >= 0.6 is 0 Å². The van der Waals surface area contributed by atoms with E-state index in [0.29, 0.717) is 13.0 Å². The highest BCUT2D eigenvalue weighted by Gasteiger charge is 2.37. The van der Waals surface area contributed by atoms with Crippen molar-refractivity contribution in [3.63, 3.8) is 0 Å². The van der Waals surface area contributed by atoms with Gasteiger partial charge in [-0.3, -0.25) is 0 Å². The van der Waals surface area contributed by atoms with Gasteiger partial charge in [0.15, 0.2) is 0 Å². The predicted octanol–water partition coefficient (Wildman–Crippen LogP) is 6.64. The monoisotopic (exact) mass is 383 g/mol. The van der Waals surface area contributed by atoms with Gasteiger partial charge in [0.05, 0.1) is 12.6 Å². The normalized spacial score (nSPS) is 12.0. The average molecular weight is 383 g/mol. The summed E-state index contributed by atoms with van der Waals surface area (Å²) in [7, 11) is 0. The van der Waals surface area contributed by atoms with Crippen LogP contribution in [0.4, 0.5) is 0 Å². The van der Waals surface area contributed by atoms with E-state index in [1.165, 1.54) is 0 Å². The molecule has 0 aliphatic carbocycles. The second-order valence-corrected chi connectivity index (χ2v) is 6.82. The van der Waals surface area contributed by atoms with Gasteiger partial charge in [-0.1, -0.05) is 102 Å². The zero-order valence-corrected chi connectivity index (χ0v) is 16.4. The zero-order valence-electron chi connectivity index (χ0n) is 16.4. The molecule has 3 aromatic carbocycles. The van der Waals surface area contributed by atoms with Gasteiger partial charge in [0.25, 0.3) is 0 Å². The van der Waals surface area contributed by atoms with Crippen LogP contribution in [0.5, 0.6) is 0 Å². The molecule has 0 bridgehead atoms. The lowest BCUT2D eigenvalue weighted by atomic mass is 9.80. The van der Waals surface area contributed by atoms with Gasteiger partial charge in [-0.2, -0.15) is 0 Å². The summed E-state index contributed by atoms with van der Waals surface area (Å²) in [5.74, 6) is 0. The Bertz CT molecular complexity index is 839. The molecule has 146 valence electrons. The molecule has 0 aliphatic rings. The molecule has 0 spiro atoms. The SMILES string of the molecule is C=CCCC(COC(c1ccccc1)(c1ccccc1)c1ccccc1)N=[N+]=[N-]. The molecule has 3 rings (SSSR count). The summed E-state index contributed by atoms with van der Waals surface area (Å²) < 4.78 is 6.70. The van der Waals surface area contributed by atoms with Crippen LogP contribution in [0.25, 0.3) is 10.4 Å². The quantitative estimate of drug-likeness (QED) is 0.127. The number of azide groups is 1. The fourth-order valence-electron chi connectivity index (χ4n) is 3.55. The lowest BCUT2D eigenvalue weighted by molar-refractivity contribution is 0.00430. The van der Waals surface area contributed by atoms with Crippen molar-refractivity contribution < 1.29 is 4.74 Å². The van der Waals surface area contributed by atoms with Gasteiger partial charge in [-0.15, -0.1) is 6.58 Å². The van der Waals surface area contributed by atoms with Crippen molar-refractivity contribution in [1.82, 2.24) is 0 Å². The molecular formula is C25H25N3O. The number of hydrogen-bond acceptors (Lipinski definition) is 2. The van der Waals surface area contributed by atoms with Crippen LogP contribution in [0.1, 0.15) is 29.5 Å². The maximum Gasteiger partial charge on any atom is 0.143 e. The fourth-order valence-corrected chi connectivity index (χ4v) is 3.55. The van der Waals surface area contributed by atoms with Crippen molar-refractivity contribution in [2.75, 3.05) is 6.61 Å². The van der Waals surface area contributed by atoms with Crippen molar-refractivity contribution in [3.8, 4) is 0 Å². The summed E-state index contributed by atoms with van der Waals surface area (Å²) >= 11 is 0. The van der Waals surface area contributed by atoms with E-state index in [1.54, 1.807) is 0 Å². The number of ether oxygens (including phenoxy) is 1. The van der Waals surface area contributed by atoms with Gasteiger partial charge in [0.2, 0.25) is 0 Å². The second kappa shape index (κ2) is 10.3. The molecule has 1 unspecified atom stereocenters. The molecule has 3 aromatic rings. The number of allylic oxidation sites excluding steroid dienone is 1. The Balaban J connectivity index is 2.12. The lowest BCUT2D eigenvalue weighted by Crippen LogP contribution is -2.35. The Morgan fingerprint density at radius 1 is 0.862 bits per heavy atom. The summed E-state index contributed by atoms with van der Waals surface area (Å²) in [5.41, 5.74) is 11.3. The predicted molar refractivity (Wildman–Crippen MR) is 118 cm³/mol. The van der Waals surface area contributed by atoms with Crippen LogP contribution in [0.3, 0.4) is 0 Å². The number of rotatable bonds is 10. The summed E-state index contributed by atoms with van der Waals surface area (Å²) in [4.78, 5) is 3.02. The third-order valence-corrected chi connectivity index (χ3v) is 4.95. The third-order valence-electron chi connectivity index (χ3n) is 4.95. The Kier molecular flexibility index (Phi) is 7.23. The Labute approximate surface area is 172 Å². The van der Waals surface area contributed by atoms with Gasteiger partial charge in [-0.05, 0) is 35.1 Å². The molecule has 0 aliphatic heterocycles. The van der Waals surface area contributed by atoms with Crippen molar-refractivity contribution in [2.24, 2.45) is 5.11 Å². The zero-order chi connectivity index (χ0) is 20.4. The first-order valence-corrected chi connectivity index (χ1v) is 9.77. The molecule has 0 saturated heterocycles. The number of benzene rings is 3. The minimum atomic E-state index is -0.804. The largest absolute Gasteiger partial charge is 0.360 e. The Morgan fingerprint density at radius 3 is 1.69 bits per heavy atom. The highest BCUT2D eigenvalue weighted by Crippen LogP contribution is 2.40. The maximum absolute atomic E-state index is 8.99. The van der Waals surface area contributed by atoms with E-state index >= 15 is 0 Å². The van der Waals surface area contributed by atoms with E-state index in [1.807, 2.05) is 60.7 Å². The minimum Gasteiger partial charge on any atom is -0.360 e. The van der Waals surface area contributed by atoms with Crippen LogP contribution < -0.4 is 0 Å². The summed E-state index contributed by atoms with van der Waals surface area (Å²) in [5, 5.41) is 3.95. The van der Waals surface area contributed by atoms with E-state index in [-0.39, 0.29) is 6.04 Å². The highest BCUT2D eigenvalue weighted by atomic mass is 16.5. The maximum atomic E-state index is 8.99. The summed E-state index contributed by atoms with van der Waals surface area (Å²) in [6.45, 7) is 4.07. The molecule has 1 atom stereocenters. The molecule has 0 radical (unpaired) electrons. The molecular weight excluding hydrogens is 358 g/mol. The van der Waals surface area contributed by atoms with E-state index in [0.717, 1.165) is 23.1 Å². The van der Waals surface area contributed by atoms with Crippen LogP contribution in [0.15, 0.2) is 109 Å². The minimum absolute atomic E-state index is 0.270. The van der Waals surface area contributed by atoms with Gasteiger partial charge < -0.3 is 4.74 Å². The van der Waals surface area contributed by atoms with Crippen LogP contribution in [-0.4, -0.2) is 12.6 Å². The van der Waals surface area contributed by atoms with Crippen molar-refractivity contribution >= 4 is 0 Å². The lowest BCUT2D eigenvalue weighted by Gasteiger charge is -2.36. The van der Waals surface area contributed by atoms with Crippen LogP contribution in [0.2, 0.25) is 0 Å². The molecule has 4 heteroatoms. The number of nitrogens with zero attached hydrogens (tertiary/aromatic N) is 3. The van der Waals surface area contributed by atoms with Gasteiger partial charge in [0.1, 0.15) is 5.60 Å². The smallest absolute Gasteiger partial charge is 0.143 e. The van der Waals surface area contributed by atoms with Crippen molar-refractivity contribution in [1.29, 1.82) is 0 Å². The first-order valence-electron chi connectivity index (χ1n) is 9.77. The summed E-state index contributed by atoms with van der Waals surface area (Å²) in [6.07, 6.45) is 3.29. The standard InChI is InChI=1S/C25H25N3O/c1-2-3-19-24(27-28-26)20-29-25(21-13-7-4-8-14-21,22-15-9-5-10-16-22)23-17-11-6-12-18-23/h2,4-18,24H,1,3,19-20H2. The molecule has 0 heterocycles. The van der Waals surface area contributed by atoms with Gasteiger partial charge in [0, 0.05) is 4.91 Å². The van der Waals surface area contributed by atoms with Crippen molar-refractivity contribution in [3.05, 3.63) is 131 Å². The topological polar surface area (TPSA) is 58.0 Å². The molecule has 0 saturated carbocycles. The van der Waals surface area contributed by atoms with E-state index in [2.05, 4.69) is 53.0 Å². The molecule has 29 heavy (non-hydrogen) atoms. The number of hydrogen-bond donors (Lipinski definition) is 0. The van der Waals surface area contributed by atoms with Crippen molar-refractivity contribution in [2.45, 2.75) is 24.5 Å². The molecule has 4 nitrogen and oxygen atoms in total. The van der Waals surface area contributed by atoms with E-state index in [9.17, 15) is 0 Å². The van der Waals surface area contributed by atoms with Gasteiger partial charge in [-0.25, -0.2) is 0 Å². The average Bonchev–Trinajstić information content (AvgIpc) is 2.80. The fraction of sp³-hybridized carbons (Fsp3) is 0.200. The molecule has 0 fully saturated rings. The van der Waals surface area contributed by atoms with Gasteiger partial charge >= 0.3 is 0 Å². The Morgan fingerprint density at radius 2 is 1.31 bits per heavy atom. The molecule has 0 amide bonds. The van der Waals surface area contributed by atoms with E-state index in [4.69, 9.17) is 10.3 Å². The second-order valence-electron chi connectivity index (χ2n) is 6.82. The molecule has 0 aromatic heterocycles. The summed E-state index contributed by atoms with van der Waals surface area (Å²) in [6, 6.07) is 30.3. The first-order chi connectivity index (χ1) is 14.3. The third kappa shape index (κ3) is 4.75. The highest BCUT2D eigenvalue weighted by molar-refractivity contribution is 5.47. The van der Waals surface area contributed by atoms with E-state index < -0.39 is 5.60 Å². The first kappa shape index (κ1) is 20.4. The molecule has 0 N–H and O–H groups in total. The van der Waals surface area contributed by atoms with Crippen LogP contribution in [-0.2, 0) is 10.3 Å². The van der Waals surface area contributed by atoms with Crippen LogP contribution in [0, 0.1) is 0 Å². The Hall–Kier alpha value is -3.33.